The Hall–Kier alpha value is -1.78. The van der Waals surface area contributed by atoms with Crippen LogP contribution in [-0.4, -0.2) is 24.6 Å². The summed E-state index contributed by atoms with van der Waals surface area (Å²) in [5.74, 6) is 0. The van der Waals surface area contributed by atoms with Gasteiger partial charge in [0, 0.05) is 43.1 Å². The summed E-state index contributed by atoms with van der Waals surface area (Å²) in [4.78, 5) is 13.0. The molecule has 1 saturated carbocycles. The summed E-state index contributed by atoms with van der Waals surface area (Å²) in [5.41, 5.74) is 1.91. The fraction of sp³-hybridized carbons (Fsp3) is 0.625. The lowest BCUT2D eigenvalue weighted by Crippen LogP contribution is -2.31. The number of nitro groups is 1. The molecule has 0 unspecified atom stereocenters. The molecule has 0 heterocycles. The minimum Gasteiger partial charge on any atom is -0.385 e. The molecular weight excluding hydrogens is 266 g/mol. The van der Waals surface area contributed by atoms with E-state index in [1.165, 1.54) is 38.5 Å². The van der Waals surface area contributed by atoms with E-state index in [1.807, 2.05) is 13.0 Å². The molecule has 116 valence electrons. The molecule has 21 heavy (non-hydrogen) atoms. The van der Waals surface area contributed by atoms with Gasteiger partial charge < -0.3 is 10.2 Å². The second-order valence-electron chi connectivity index (χ2n) is 5.78. The maximum atomic E-state index is 11.1. The van der Waals surface area contributed by atoms with Gasteiger partial charge in [-0.05, 0) is 25.8 Å². The number of nitrogens with one attached hydrogen (secondary N) is 1. The molecular formula is C16H25N3O2. The summed E-state index contributed by atoms with van der Waals surface area (Å²) in [6.45, 7) is 2.75. The molecule has 2 rings (SSSR count). The number of non-ortho nitro benzene ring substituents is 1. The molecule has 0 radical (unpaired) electrons. The Morgan fingerprint density at radius 2 is 1.90 bits per heavy atom. The first-order valence-electron chi connectivity index (χ1n) is 7.88. The van der Waals surface area contributed by atoms with Crippen molar-refractivity contribution in [1.82, 2.24) is 0 Å². The number of hydrogen-bond donors (Lipinski definition) is 1. The molecule has 0 amide bonds. The molecule has 0 aromatic heterocycles. The van der Waals surface area contributed by atoms with E-state index in [0.717, 1.165) is 17.9 Å². The largest absolute Gasteiger partial charge is 0.385 e. The zero-order valence-electron chi connectivity index (χ0n) is 13.0. The lowest BCUT2D eigenvalue weighted by molar-refractivity contribution is -0.384. The van der Waals surface area contributed by atoms with Crippen LogP contribution < -0.4 is 10.2 Å². The van der Waals surface area contributed by atoms with E-state index in [1.54, 1.807) is 12.1 Å². The molecule has 0 aliphatic heterocycles. The average Bonchev–Trinajstić information content (AvgIpc) is 2.75. The van der Waals surface area contributed by atoms with Crippen molar-refractivity contribution in [2.75, 3.05) is 23.8 Å². The predicted octanol–water partition coefficient (Wildman–Crippen LogP) is 4.19. The third kappa shape index (κ3) is 4.09. The summed E-state index contributed by atoms with van der Waals surface area (Å²) in [6.07, 6.45) is 7.48. The number of rotatable bonds is 5. The van der Waals surface area contributed by atoms with Gasteiger partial charge in [-0.2, -0.15) is 0 Å². The highest BCUT2D eigenvalue weighted by Gasteiger charge is 2.20. The third-order valence-corrected chi connectivity index (χ3v) is 4.27. The number of nitro benzene ring substituents is 1. The lowest BCUT2D eigenvalue weighted by Gasteiger charge is -2.29. The van der Waals surface area contributed by atoms with Crippen LogP contribution in [0, 0.1) is 10.1 Å². The molecule has 5 nitrogen and oxygen atoms in total. The van der Waals surface area contributed by atoms with Crippen LogP contribution in [0.2, 0.25) is 0 Å². The number of anilines is 2. The Morgan fingerprint density at radius 3 is 2.48 bits per heavy atom. The van der Waals surface area contributed by atoms with Crippen LogP contribution in [0.25, 0.3) is 0 Å². The summed E-state index contributed by atoms with van der Waals surface area (Å²) < 4.78 is 0. The number of hydrogen-bond acceptors (Lipinski definition) is 4. The monoisotopic (exact) mass is 291 g/mol. The van der Waals surface area contributed by atoms with Crippen LogP contribution >= 0.6 is 0 Å². The second kappa shape index (κ2) is 7.29. The van der Waals surface area contributed by atoms with Crippen LogP contribution in [0.15, 0.2) is 18.2 Å². The van der Waals surface area contributed by atoms with Gasteiger partial charge in [0.25, 0.3) is 5.69 Å². The highest BCUT2D eigenvalue weighted by Crippen LogP contribution is 2.30. The van der Waals surface area contributed by atoms with Crippen LogP contribution in [0.3, 0.4) is 0 Å². The SMILES string of the molecule is CCNc1cc(N(C)C2CCCCCC2)cc([N+](=O)[O-])c1. The van der Waals surface area contributed by atoms with Crippen molar-refractivity contribution < 1.29 is 4.92 Å². The molecule has 5 heteroatoms. The third-order valence-electron chi connectivity index (χ3n) is 4.27. The molecule has 1 aliphatic carbocycles. The normalized spacial score (nSPS) is 16.3. The van der Waals surface area contributed by atoms with E-state index in [4.69, 9.17) is 0 Å². The first-order chi connectivity index (χ1) is 10.1. The van der Waals surface area contributed by atoms with Crippen LogP contribution in [-0.2, 0) is 0 Å². The van der Waals surface area contributed by atoms with Crippen LogP contribution in [0.5, 0.6) is 0 Å². The molecule has 1 aromatic rings. The topological polar surface area (TPSA) is 58.4 Å². The Kier molecular flexibility index (Phi) is 5.42. The minimum atomic E-state index is -0.314. The zero-order valence-corrected chi connectivity index (χ0v) is 13.0. The lowest BCUT2D eigenvalue weighted by atomic mass is 10.1. The Labute approximate surface area is 126 Å². The fourth-order valence-electron chi connectivity index (χ4n) is 3.07. The van der Waals surface area contributed by atoms with E-state index >= 15 is 0 Å². The first-order valence-corrected chi connectivity index (χ1v) is 7.88. The summed E-state index contributed by atoms with van der Waals surface area (Å²) in [6, 6.07) is 5.80. The molecule has 0 bridgehead atoms. The summed E-state index contributed by atoms with van der Waals surface area (Å²) in [5, 5.41) is 14.3. The van der Waals surface area contributed by atoms with Gasteiger partial charge in [-0.15, -0.1) is 0 Å². The van der Waals surface area contributed by atoms with Crippen LogP contribution in [0.1, 0.15) is 45.4 Å². The Morgan fingerprint density at radius 1 is 1.24 bits per heavy atom. The Bertz CT molecular complexity index is 482. The maximum absolute atomic E-state index is 11.1. The first kappa shape index (κ1) is 15.6. The van der Waals surface area contributed by atoms with Gasteiger partial charge in [0.2, 0.25) is 0 Å². The zero-order chi connectivity index (χ0) is 15.2. The van der Waals surface area contributed by atoms with Gasteiger partial charge in [0.05, 0.1) is 4.92 Å². The number of benzene rings is 1. The second-order valence-corrected chi connectivity index (χ2v) is 5.78. The van der Waals surface area contributed by atoms with E-state index < -0.39 is 0 Å². The van der Waals surface area contributed by atoms with Gasteiger partial charge in [-0.1, -0.05) is 25.7 Å². The van der Waals surface area contributed by atoms with Gasteiger partial charge in [-0.25, -0.2) is 0 Å². The van der Waals surface area contributed by atoms with E-state index in [0.29, 0.717) is 6.04 Å². The van der Waals surface area contributed by atoms with Gasteiger partial charge in [0.15, 0.2) is 0 Å². The highest BCUT2D eigenvalue weighted by molar-refractivity contribution is 5.64. The van der Waals surface area contributed by atoms with E-state index in [2.05, 4.69) is 17.3 Å². The van der Waals surface area contributed by atoms with Gasteiger partial charge in [-0.3, -0.25) is 10.1 Å². The predicted molar refractivity (Wildman–Crippen MR) is 87.2 cm³/mol. The van der Waals surface area contributed by atoms with Crippen molar-refractivity contribution in [3.8, 4) is 0 Å². The van der Waals surface area contributed by atoms with Gasteiger partial charge >= 0.3 is 0 Å². The van der Waals surface area contributed by atoms with Crippen molar-refractivity contribution >= 4 is 17.1 Å². The van der Waals surface area contributed by atoms with Crippen molar-refractivity contribution in [3.05, 3.63) is 28.3 Å². The fourth-order valence-corrected chi connectivity index (χ4v) is 3.07. The summed E-state index contributed by atoms with van der Waals surface area (Å²) in [7, 11) is 2.06. The minimum absolute atomic E-state index is 0.156. The molecule has 1 N–H and O–H groups in total. The summed E-state index contributed by atoms with van der Waals surface area (Å²) >= 11 is 0. The molecule has 1 aromatic carbocycles. The van der Waals surface area contributed by atoms with E-state index in [9.17, 15) is 10.1 Å². The van der Waals surface area contributed by atoms with Crippen molar-refractivity contribution in [1.29, 1.82) is 0 Å². The molecule has 0 spiro atoms. The molecule has 1 fully saturated rings. The quantitative estimate of drug-likeness (QED) is 0.502. The standard InChI is InChI=1S/C16H25N3O2/c1-3-17-13-10-15(12-16(11-13)19(20)21)18(2)14-8-6-4-5-7-9-14/h10-12,14,17H,3-9H2,1-2H3. The smallest absolute Gasteiger partial charge is 0.273 e. The Balaban J connectivity index is 2.25. The van der Waals surface area contributed by atoms with Crippen molar-refractivity contribution in [2.45, 2.75) is 51.5 Å². The highest BCUT2D eigenvalue weighted by atomic mass is 16.6. The average molecular weight is 291 g/mol. The molecule has 0 saturated heterocycles. The van der Waals surface area contributed by atoms with Crippen LogP contribution in [0.4, 0.5) is 17.1 Å². The maximum Gasteiger partial charge on any atom is 0.273 e. The number of nitrogens with zero attached hydrogens (tertiary/aromatic N) is 2. The van der Waals surface area contributed by atoms with Crippen molar-refractivity contribution in [3.63, 3.8) is 0 Å². The molecule has 0 atom stereocenters. The van der Waals surface area contributed by atoms with Gasteiger partial charge in [0.1, 0.15) is 0 Å². The molecule has 1 aliphatic rings. The van der Waals surface area contributed by atoms with Crippen molar-refractivity contribution in [2.24, 2.45) is 0 Å². The van der Waals surface area contributed by atoms with E-state index in [-0.39, 0.29) is 10.6 Å².